The number of rotatable bonds is 4. The molecule has 0 unspecified atom stereocenters. The molecular weight excluding hydrogens is 293 g/mol. The normalized spacial score (nSPS) is 11.3. The van der Waals surface area contributed by atoms with Gasteiger partial charge in [0.05, 0.1) is 5.69 Å². The predicted molar refractivity (Wildman–Crippen MR) is 84.3 cm³/mol. The van der Waals surface area contributed by atoms with E-state index in [2.05, 4.69) is 24.0 Å². The molecule has 0 aliphatic heterocycles. The van der Waals surface area contributed by atoms with Gasteiger partial charge in [-0.05, 0) is 33.0 Å². The first kappa shape index (κ1) is 15.4. The highest BCUT2D eigenvalue weighted by molar-refractivity contribution is 6.35. The molecule has 0 aliphatic rings. The molecule has 0 amide bonds. The van der Waals surface area contributed by atoms with E-state index in [1.165, 1.54) is 11.3 Å². The van der Waals surface area contributed by atoms with Gasteiger partial charge in [-0.3, -0.25) is 9.58 Å². The molecular formula is C15H19Cl2N3. The van der Waals surface area contributed by atoms with Gasteiger partial charge in [0.15, 0.2) is 0 Å². The molecule has 2 rings (SSSR count). The van der Waals surface area contributed by atoms with Gasteiger partial charge in [0.25, 0.3) is 0 Å². The molecule has 0 bridgehead atoms. The fourth-order valence-electron chi connectivity index (χ4n) is 2.33. The highest BCUT2D eigenvalue weighted by Gasteiger charge is 2.14. The van der Waals surface area contributed by atoms with E-state index in [1.54, 1.807) is 0 Å². The smallest absolute Gasteiger partial charge is 0.0641 e. The third kappa shape index (κ3) is 3.17. The van der Waals surface area contributed by atoms with Crippen molar-refractivity contribution < 1.29 is 0 Å². The topological polar surface area (TPSA) is 21.1 Å². The van der Waals surface area contributed by atoms with Gasteiger partial charge in [-0.1, -0.05) is 29.3 Å². The molecule has 0 aliphatic carbocycles. The molecule has 0 N–H and O–H groups in total. The molecule has 5 heteroatoms. The molecule has 108 valence electrons. The minimum Gasteiger partial charge on any atom is -0.298 e. The maximum Gasteiger partial charge on any atom is 0.0641 e. The second-order valence-corrected chi connectivity index (χ2v) is 5.96. The van der Waals surface area contributed by atoms with E-state index < -0.39 is 0 Å². The predicted octanol–water partition coefficient (Wildman–Crippen LogP) is 3.98. The van der Waals surface area contributed by atoms with Gasteiger partial charge in [-0.15, -0.1) is 0 Å². The van der Waals surface area contributed by atoms with Gasteiger partial charge in [-0.25, -0.2) is 0 Å². The van der Waals surface area contributed by atoms with Gasteiger partial charge in [0, 0.05) is 47.0 Å². The van der Waals surface area contributed by atoms with Crippen LogP contribution in [-0.2, 0) is 20.1 Å². The number of hydrogen-bond acceptors (Lipinski definition) is 2. The van der Waals surface area contributed by atoms with Gasteiger partial charge >= 0.3 is 0 Å². The van der Waals surface area contributed by atoms with Crippen LogP contribution in [0.2, 0.25) is 10.0 Å². The Bertz CT molecular complexity index is 600. The Morgan fingerprint density at radius 2 is 1.65 bits per heavy atom. The first-order valence-electron chi connectivity index (χ1n) is 6.50. The first-order valence-corrected chi connectivity index (χ1v) is 7.26. The van der Waals surface area contributed by atoms with Crippen LogP contribution in [0.1, 0.15) is 22.5 Å². The van der Waals surface area contributed by atoms with Crippen LogP contribution in [0.15, 0.2) is 18.2 Å². The van der Waals surface area contributed by atoms with Crippen molar-refractivity contribution in [3.05, 3.63) is 50.8 Å². The van der Waals surface area contributed by atoms with E-state index in [0.29, 0.717) is 16.6 Å². The minimum atomic E-state index is 0.712. The molecule has 1 aromatic heterocycles. The highest BCUT2D eigenvalue weighted by atomic mass is 35.5. The summed E-state index contributed by atoms with van der Waals surface area (Å²) >= 11 is 12.4. The van der Waals surface area contributed by atoms with Gasteiger partial charge in [-0.2, -0.15) is 5.10 Å². The highest BCUT2D eigenvalue weighted by Crippen LogP contribution is 2.26. The van der Waals surface area contributed by atoms with E-state index in [-0.39, 0.29) is 0 Å². The Kier molecular flexibility index (Phi) is 4.74. The Balaban J connectivity index is 2.15. The molecule has 2 aromatic rings. The summed E-state index contributed by atoms with van der Waals surface area (Å²) in [6.45, 7) is 5.67. The number of halogens is 2. The van der Waals surface area contributed by atoms with Crippen molar-refractivity contribution in [1.29, 1.82) is 0 Å². The first-order chi connectivity index (χ1) is 9.40. The zero-order valence-corrected chi connectivity index (χ0v) is 13.8. The Hall–Kier alpha value is -1.03. The maximum atomic E-state index is 6.22. The van der Waals surface area contributed by atoms with Crippen LogP contribution >= 0.6 is 23.2 Å². The summed E-state index contributed by atoms with van der Waals surface area (Å²) < 4.78 is 1.92. The van der Waals surface area contributed by atoms with Crippen LogP contribution in [0, 0.1) is 13.8 Å². The molecule has 3 nitrogen and oxygen atoms in total. The standard InChI is InChI=1S/C15H19Cl2N3/c1-10-12(11(2)20(4)18-10)8-19(3)9-13-14(16)6-5-7-15(13)17/h5-7H,8-9H2,1-4H3. The van der Waals surface area contributed by atoms with Crippen molar-refractivity contribution >= 4 is 23.2 Å². The molecule has 0 saturated heterocycles. The van der Waals surface area contributed by atoms with Crippen molar-refractivity contribution in [2.24, 2.45) is 7.05 Å². The number of benzene rings is 1. The van der Waals surface area contributed by atoms with Crippen LogP contribution in [0.4, 0.5) is 0 Å². The van der Waals surface area contributed by atoms with E-state index in [1.807, 2.05) is 36.9 Å². The second kappa shape index (κ2) is 6.17. The SMILES string of the molecule is Cc1nn(C)c(C)c1CN(C)Cc1c(Cl)cccc1Cl. The van der Waals surface area contributed by atoms with Crippen molar-refractivity contribution in [1.82, 2.24) is 14.7 Å². The van der Waals surface area contributed by atoms with Crippen molar-refractivity contribution in [3.63, 3.8) is 0 Å². The lowest BCUT2D eigenvalue weighted by atomic mass is 10.1. The van der Waals surface area contributed by atoms with E-state index in [9.17, 15) is 0 Å². The largest absolute Gasteiger partial charge is 0.298 e. The van der Waals surface area contributed by atoms with Crippen LogP contribution < -0.4 is 0 Å². The lowest BCUT2D eigenvalue weighted by molar-refractivity contribution is 0.318. The summed E-state index contributed by atoms with van der Waals surface area (Å²) in [6.07, 6.45) is 0. The average molecular weight is 312 g/mol. The van der Waals surface area contributed by atoms with Crippen LogP contribution in [0.3, 0.4) is 0 Å². The summed E-state index contributed by atoms with van der Waals surface area (Å²) in [4.78, 5) is 2.20. The van der Waals surface area contributed by atoms with Crippen LogP contribution in [0.25, 0.3) is 0 Å². The van der Waals surface area contributed by atoms with Gasteiger partial charge in [0.2, 0.25) is 0 Å². The van der Waals surface area contributed by atoms with E-state index in [0.717, 1.165) is 17.8 Å². The third-order valence-corrected chi connectivity index (χ3v) is 4.28. The van der Waals surface area contributed by atoms with Crippen molar-refractivity contribution in [3.8, 4) is 0 Å². The molecule has 0 spiro atoms. The monoisotopic (exact) mass is 311 g/mol. The van der Waals surface area contributed by atoms with E-state index >= 15 is 0 Å². The number of aromatic nitrogens is 2. The van der Waals surface area contributed by atoms with Gasteiger partial charge < -0.3 is 0 Å². The zero-order chi connectivity index (χ0) is 14.9. The Morgan fingerprint density at radius 3 is 2.15 bits per heavy atom. The molecule has 0 fully saturated rings. The van der Waals surface area contributed by atoms with Gasteiger partial charge in [0.1, 0.15) is 0 Å². The fraction of sp³-hybridized carbons (Fsp3) is 0.400. The third-order valence-electron chi connectivity index (χ3n) is 3.58. The summed E-state index contributed by atoms with van der Waals surface area (Å²) in [5.74, 6) is 0. The quantitative estimate of drug-likeness (QED) is 0.851. The number of aryl methyl sites for hydroxylation is 2. The second-order valence-electron chi connectivity index (χ2n) is 5.15. The van der Waals surface area contributed by atoms with Crippen molar-refractivity contribution in [2.45, 2.75) is 26.9 Å². The van der Waals surface area contributed by atoms with E-state index in [4.69, 9.17) is 23.2 Å². The summed E-state index contributed by atoms with van der Waals surface area (Å²) in [5.41, 5.74) is 4.50. The van der Waals surface area contributed by atoms with Crippen LogP contribution in [-0.4, -0.2) is 21.7 Å². The molecule has 1 aromatic carbocycles. The number of hydrogen-bond donors (Lipinski definition) is 0. The molecule has 20 heavy (non-hydrogen) atoms. The lowest BCUT2D eigenvalue weighted by Crippen LogP contribution is -2.18. The van der Waals surface area contributed by atoms with Crippen LogP contribution in [0.5, 0.6) is 0 Å². The zero-order valence-electron chi connectivity index (χ0n) is 12.2. The summed E-state index contributed by atoms with van der Waals surface area (Å²) in [6, 6.07) is 5.61. The summed E-state index contributed by atoms with van der Waals surface area (Å²) in [5, 5.41) is 5.87. The lowest BCUT2D eigenvalue weighted by Gasteiger charge is -2.18. The molecule has 1 heterocycles. The number of nitrogens with zero attached hydrogens (tertiary/aromatic N) is 3. The fourth-order valence-corrected chi connectivity index (χ4v) is 2.84. The maximum absolute atomic E-state index is 6.22. The minimum absolute atomic E-state index is 0.712. The van der Waals surface area contributed by atoms with Crippen molar-refractivity contribution in [2.75, 3.05) is 7.05 Å². The average Bonchev–Trinajstić information content (AvgIpc) is 2.61. The summed E-state index contributed by atoms with van der Waals surface area (Å²) in [7, 11) is 4.03. The molecule has 0 radical (unpaired) electrons. The Morgan fingerprint density at radius 1 is 1.10 bits per heavy atom. The molecule has 0 saturated carbocycles. The molecule has 0 atom stereocenters. The Labute approximate surface area is 130 Å².